The molecular weight excluding hydrogens is 287 g/mol. The van der Waals surface area contributed by atoms with Crippen LogP contribution in [0, 0.1) is 0 Å². The molecule has 0 bridgehead atoms. The highest BCUT2D eigenvalue weighted by Crippen LogP contribution is 2.24. The van der Waals surface area contributed by atoms with Gasteiger partial charge in [0.05, 0.1) is 16.3 Å². The van der Waals surface area contributed by atoms with Crippen LogP contribution in [0.25, 0.3) is 0 Å². The molecule has 1 amide bonds. The minimum Gasteiger partial charge on any atom is -0.463 e. The molecule has 2 aromatic rings. The van der Waals surface area contributed by atoms with Crippen molar-refractivity contribution in [3.63, 3.8) is 0 Å². The fraction of sp³-hybridized carbons (Fsp3) is 0.154. The smallest absolute Gasteiger partial charge is 0.279 e. The quantitative estimate of drug-likeness (QED) is 0.890. The summed E-state index contributed by atoms with van der Waals surface area (Å²) in [4.78, 5) is 11.7. The lowest BCUT2D eigenvalue weighted by molar-refractivity contribution is -0.661. The van der Waals surface area contributed by atoms with Crippen LogP contribution in [0.1, 0.15) is 5.76 Å². The molecule has 0 unspecified atom stereocenters. The number of quaternary nitrogens is 1. The molecule has 0 spiro atoms. The zero-order valence-electron chi connectivity index (χ0n) is 10.0. The lowest BCUT2D eigenvalue weighted by Crippen LogP contribution is -2.84. The van der Waals surface area contributed by atoms with Crippen molar-refractivity contribution < 1.29 is 14.5 Å². The number of halogens is 2. The Bertz CT molecular complexity index is 556. The van der Waals surface area contributed by atoms with E-state index in [0.29, 0.717) is 28.8 Å². The standard InChI is InChI=1S/C13H12Cl2N2O2/c14-11-4-3-9(6-12(11)15)17-13(18)8-16-7-10-2-1-5-19-10/h1-6,16H,7-8H2,(H,17,18)/p+1. The second-order valence-corrected chi connectivity index (χ2v) is 4.77. The Kier molecular flexibility index (Phi) is 4.85. The molecule has 0 aliphatic heterocycles. The van der Waals surface area contributed by atoms with Crippen molar-refractivity contribution in [2.24, 2.45) is 0 Å². The van der Waals surface area contributed by atoms with E-state index in [1.54, 1.807) is 24.5 Å². The van der Waals surface area contributed by atoms with E-state index < -0.39 is 0 Å². The Morgan fingerprint density at radius 2 is 2.11 bits per heavy atom. The number of hydrogen-bond acceptors (Lipinski definition) is 2. The van der Waals surface area contributed by atoms with Gasteiger partial charge in [-0.3, -0.25) is 4.79 Å². The lowest BCUT2D eigenvalue weighted by atomic mass is 10.3. The first-order valence-electron chi connectivity index (χ1n) is 5.74. The summed E-state index contributed by atoms with van der Waals surface area (Å²) in [6.45, 7) is 0.933. The monoisotopic (exact) mass is 299 g/mol. The largest absolute Gasteiger partial charge is 0.463 e. The summed E-state index contributed by atoms with van der Waals surface area (Å²) in [6, 6.07) is 8.66. The summed E-state index contributed by atoms with van der Waals surface area (Å²) in [5.74, 6) is 0.729. The molecule has 1 aromatic heterocycles. The third-order valence-corrected chi connectivity index (χ3v) is 3.20. The van der Waals surface area contributed by atoms with Crippen LogP contribution in [-0.2, 0) is 11.3 Å². The first-order chi connectivity index (χ1) is 9.15. The van der Waals surface area contributed by atoms with Gasteiger partial charge < -0.3 is 15.1 Å². The molecule has 6 heteroatoms. The predicted octanol–water partition coefficient (Wildman–Crippen LogP) is 2.29. The van der Waals surface area contributed by atoms with Gasteiger partial charge in [0.2, 0.25) is 0 Å². The van der Waals surface area contributed by atoms with E-state index in [9.17, 15) is 4.79 Å². The van der Waals surface area contributed by atoms with Crippen LogP contribution < -0.4 is 10.6 Å². The molecule has 0 saturated heterocycles. The molecule has 19 heavy (non-hydrogen) atoms. The molecule has 3 N–H and O–H groups in total. The normalized spacial score (nSPS) is 10.4. The van der Waals surface area contributed by atoms with E-state index in [-0.39, 0.29) is 5.91 Å². The number of carbonyl (C=O) groups is 1. The minimum atomic E-state index is -0.107. The van der Waals surface area contributed by atoms with E-state index in [0.717, 1.165) is 5.76 Å². The molecule has 0 aliphatic rings. The van der Waals surface area contributed by atoms with Gasteiger partial charge in [0.1, 0.15) is 6.54 Å². The maximum atomic E-state index is 11.7. The van der Waals surface area contributed by atoms with Crippen LogP contribution in [0.2, 0.25) is 10.0 Å². The second kappa shape index (κ2) is 6.61. The molecule has 1 aromatic carbocycles. The van der Waals surface area contributed by atoms with Crippen molar-refractivity contribution in [2.75, 3.05) is 11.9 Å². The van der Waals surface area contributed by atoms with Crippen LogP contribution in [0.4, 0.5) is 5.69 Å². The van der Waals surface area contributed by atoms with Crippen molar-refractivity contribution in [1.29, 1.82) is 0 Å². The Labute approximate surface area is 120 Å². The Morgan fingerprint density at radius 3 is 2.79 bits per heavy atom. The molecule has 0 aliphatic carbocycles. The van der Waals surface area contributed by atoms with E-state index >= 15 is 0 Å². The molecule has 0 radical (unpaired) electrons. The Balaban J connectivity index is 1.79. The summed E-state index contributed by atoms with van der Waals surface area (Å²) < 4.78 is 5.17. The number of amides is 1. The summed E-state index contributed by atoms with van der Waals surface area (Å²) in [5, 5.41) is 5.48. The molecular formula is C13H13Cl2N2O2+. The second-order valence-electron chi connectivity index (χ2n) is 3.95. The number of carbonyl (C=O) groups excluding carboxylic acids is 1. The Hall–Kier alpha value is -1.49. The number of nitrogens with two attached hydrogens (primary N) is 1. The number of benzene rings is 1. The molecule has 1 heterocycles. The minimum absolute atomic E-state index is 0.107. The third kappa shape index (κ3) is 4.28. The zero-order valence-corrected chi connectivity index (χ0v) is 11.5. The van der Waals surface area contributed by atoms with Gasteiger partial charge in [0, 0.05) is 5.69 Å². The van der Waals surface area contributed by atoms with Gasteiger partial charge in [-0.15, -0.1) is 0 Å². The number of hydrogen-bond donors (Lipinski definition) is 2. The highest BCUT2D eigenvalue weighted by Gasteiger charge is 2.07. The number of rotatable bonds is 5. The highest BCUT2D eigenvalue weighted by atomic mass is 35.5. The van der Waals surface area contributed by atoms with Crippen LogP contribution >= 0.6 is 23.2 Å². The molecule has 0 saturated carbocycles. The Morgan fingerprint density at radius 1 is 1.26 bits per heavy atom. The fourth-order valence-corrected chi connectivity index (χ4v) is 1.86. The highest BCUT2D eigenvalue weighted by molar-refractivity contribution is 6.42. The van der Waals surface area contributed by atoms with Gasteiger partial charge in [0.25, 0.3) is 5.91 Å². The van der Waals surface area contributed by atoms with Gasteiger partial charge in [-0.25, -0.2) is 0 Å². The van der Waals surface area contributed by atoms with Crippen molar-refractivity contribution in [3.8, 4) is 0 Å². The first kappa shape index (κ1) is 13.9. The first-order valence-corrected chi connectivity index (χ1v) is 6.49. The average molecular weight is 300 g/mol. The van der Waals surface area contributed by atoms with Crippen LogP contribution in [0.15, 0.2) is 41.0 Å². The molecule has 2 rings (SSSR count). The van der Waals surface area contributed by atoms with Crippen LogP contribution in [-0.4, -0.2) is 12.5 Å². The van der Waals surface area contributed by atoms with Gasteiger partial charge >= 0.3 is 0 Å². The average Bonchev–Trinajstić information content (AvgIpc) is 2.87. The van der Waals surface area contributed by atoms with Crippen molar-refractivity contribution >= 4 is 34.8 Å². The van der Waals surface area contributed by atoms with Crippen molar-refractivity contribution in [1.82, 2.24) is 0 Å². The van der Waals surface area contributed by atoms with Gasteiger partial charge in [0.15, 0.2) is 12.3 Å². The predicted molar refractivity (Wildman–Crippen MR) is 74.3 cm³/mol. The lowest BCUT2D eigenvalue weighted by Gasteiger charge is -2.05. The number of anilines is 1. The van der Waals surface area contributed by atoms with E-state index in [1.165, 1.54) is 0 Å². The van der Waals surface area contributed by atoms with E-state index in [4.69, 9.17) is 27.6 Å². The fourth-order valence-electron chi connectivity index (χ4n) is 1.56. The maximum Gasteiger partial charge on any atom is 0.279 e. The van der Waals surface area contributed by atoms with Crippen molar-refractivity contribution in [2.45, 2.75) is 6.54 Å². The van der Waals surface area contributed by atoms with Gasteiger partial charge in [-0.2, -0.15) is 0 Å². The number of nitrogens with one attached hydrogen (secondary N) is 1. The molecule has 4 nitrogen and oxygen atoms in total. The van der Waals surface area contributed by atoms with Crippen LogP contribution in [0.3, 0.4) is 0 Å². The molecule has 100 valence electrons. The number of furan rings is 1. The molecule has 0 atom stereocenters. The SMILES string of the molecule is O=C(C[NH2+]Cc1ccco1)Nc1ccc(Cl)c(Cl)c1. The van der Waals surface area contributed by atoms with Gasteiger partial charge in [-0.1, -0.05) is 23.2 Å². The van der Waals surface area contributed by atoms with E-state index in [1.807, 2.05) is 17.4 Å². The summed E-state index contributed by atoms with van der Waals surface area (Å²) in [6.07, 6.45) is 1.61. The van der Waals surface area contributed by atoms with Crippen LogP contribution in [0.5, 0.6) is 0 Å². The summed E-state index contributed by atoms with van der Waals surface area (Å²) in [5.41, 5.74) is 0.630. The zero-order chi connectivity index (χ0) is 13.7. The summed E-state index contributed by atoms with van der Waals surface area (Å²) >= 11 is 11.7. The van der Waals surface area contributed by atoms with E-state index in [2.05, 4.69) is 5.32 Å². The van der Waals surface area contributed by atoms with Crippen molar-refractivity contribution in [3.05, 3.63) is 52.4 Å². The summed E-state index contributed by atoms with van der Waals surface area (Å²) in [7, 11) is 0. The maximum absolute atomic E-state index is 11.7. The topological polar surface area (TPSA) is 58.9 Å². The van der Waals surface area contributed by atoms with Gasteiger partial charge in [-0.05, 0) is 30.3 Å². The third-order valence-electron chi connectivity index (χ3n) is 2.46. The molecule has 0 fully saturated rings.